The number of allylic oxidation sites excluding steroid dienone is 3. The summed E-state index contributed by atoms with van der Waals surface area (Å²) in [5.41, 5.74) is 0.427. The van der Waals surface area contributed by atoms with Crippen molar-refractivity contribution in [3.05, 3.63) is 53.6 Å². The molecule has 1 aliphatic heterocycles. The van der Waals surface area contributed by atoms with Gasteiger partial charge in [0.15, 0.2) is 0 Å². The van der Waals surface area contributed by atoms with Crippen LogP contribution in [0.15, 0.2) is 47.5 Å². The lowest BCUT2D eigenvalue weighted by atomic mass is 10.0. The Kier molecular flexibility index (Phi) is 5.93. The molecular weight excluding hydrogens is 321 g/mol. The van der Waals surface area contributed by atoms with Crippen LogP contribution in [-0.4, -0.2) is 36.6 Å². The third-order valence-electron chi connectivity index (χ3n) is 3.49. The average Bonchev–Trinajstić information content (AvgIpc) is 2.52. The smallest absolute Gasteiger partial charge is 0.369 e. The molecule has 0 saturated carbocycles. The predicted octanol–water partition coefficient (Wildman–Crippen LogP) is 4.23. The van der Waals surface area contributed by atoms with Crippen molar-refractivity contribution in [2.75, 3.05) is 19.3 Å². The van der Waals surface area contributed by atoms with Gasteiger partial charge >= 0.3 is 6.18 Å². The summed E-state index contributed by atoms with van der Waals surface area (Å²) in [7, 11) is 0. The molecule has 1 aromatic rings. The van der Waals surface area contributed by atoms with E-state index in [4.69, 9.17) is 0 Å². The average molecular weight is 340 g/mol. The highest BCUT2D eigenvalue weighted by Crippen LogP contribution is 2.33. The first-order valence-electron chi connectivity index (χ1n) is 7.24. The number of aryl methyl sites for hydroxylation is 1. The van der Waals surface area contributed by atoms with E-state index in [2.05, 4.69) is 10.3 Å². The molecule has 0 aromatic heterocycles. The Hall–Kier alpha value is -1.69. The molecule has 0 amide bonds. The fourth-order valence-electron chi connectivity index (χ4n) is 2.13. The minimum Gasteiger partial charge on any atom is -0.369 e. The molecule has 0 bridgehead atoms. The van der Waals surface area contributed by atoms with Crippen LogP contribution in [-0.2, 0) is 0 Å². The van der Waals surface area contributed by atoms with Crippen LogP contribution in [0.4, 0.5) is 13.2 Å². The van der Waals surface area contributed by atoms with Crippen molar-refractivity contribution in [2.45, 2.75) is 18.3 Å². The quantitative estimate of drug-likeness (QED) is 0.830. The van der Waals surface area contributed by atoms with Gasteiger partial charge in [-0.2, -0.15) is 24.9 Å². The van der Waals surface area contributed by atoms with Crippen LogP contribution in [0.3, 0.4) is 0 Å². The zero-order chi connectivity index (χ0) is 16.9. The van der Waals surface area contributed by atoms with Crippen molar-refractivity contribution >= 4 is 23.2 Å². The second-order valence-electron chi connectivity index (χ2n) is 5.27. The molecule has 0 fully saturated rings. The zero-order valence-corrected chi connectivity index (χ0v) is 13.8. The minimum atomic E-state index is -4.40. The molecule has 1 aliphatic rings. The Morgan fingerprint density at radius 1 is 1.30 bits per heavy atom. The largest absolute Gasteiger partial charge is 0.416 e. The highest BCUT2D eigenvalue weighted by Gasteiger charge is 2.34. The third-order valence-corrected chi connectivity index (χ3v) is 4.48. The van der Waals surface area contributed by atoms with E-state index in [1.165, 1.54) is 18.2 Å². The zero-order valence-electron chi connectivity index (χ0n) is 13.0. The number of alkyl halides is 3. The van der Waals surface area contributed by atoms with Crippen LogP contribution in [0, 0.1) is 6.92 Å². The molecule has 0 spiro atoms. The van der Waals surface area contributed by atoms with Gasteiger partial charge in [0, 0.05) is 11.8 Å². The Morgan fingerprint density at radius 3 is 2.52 bits per heavy atom. The number of nitrogens with one attached hydrogen (secondary N) is 1. The molecule has 0 saturated heterocycles. The number of rotatable bonds is 4. The van der Waals surface area contributed by atoms with Gasteiger partial charge in [0.25, 0.3) is 0 Å². The Balaban J connectivity index is 2.17. The number of benzene rings is 1. The van der Waals surface area contributed by atoms with E-state index < -0.39 is 11.7 Å². The second-order valence-corrected chi connectivity index (χ2v) is 6.41. The summed E-state index contributed by atoms with van der Waals surface area (Å²) in [4.78, 5) is 4.31. The van der Waals surface area contributed by atoms with E-state index in [1.807, 2.05) is 13.2 Å². The van der Waals surface area contributed by atoms with E-state index >= 15 is 0 Å². The maximum atomic E-state index is 13.2. The number of nitrogens with zero attached hydrogens (tertiary/aromatic N) is 1. The van der Waals surface area contributed by atoms with Gasteiger partial charge in [-0.25, -0.2) is 0 Å². The molecule has 124 valence electrons. The standard InChI is InChI=1S/C17H19F3N2S/c1-12-6-8-13(9-7-12)15(17(18,19)20)4-3-5-16-21-10-14(23-2)11-22-16/h3-9,14H,10-11H2,1-2H3,(H,21,22)/b5-3+,15-4-. The molecule has 0 aliphatic carbocycles. The van der Waals surface area contributed by atoms with Crippen molar-refractivity contribution in [1.82, 2.24) is 5.32 Å². The van der Waals surface area contributed by atoms with Gasteiger partial charge in [-0.3, -0.25) is 4.99 Å². The monoisotopic (exact) mass is 340 g/mol. The summed E-state index contributed by atoms with van der Waals surface area (Å²) < 4.78 is 39.7. The number of thioether (sulfide) groups is 1. The molecule has 23 heavy (non-hydrogen) atoms. The molecular formula is C17H19F3N2S. The Labute approximate surface area is 138 Å². The normalized spacial score (nSPS) is 19.6. The Morgan fingerprint density at radius 2 is 2.00 bits per heavy atom. The molecule has 1 atom stereocenters. The second kappa shape index (κ2) is 7.73. The number of halogens is 3. The minimum absolute atomic E-state index is 0.161. The van der Waals surface area contributed by atoms with E-state index in [0.29, 0.717) is 17.6 Å². The number of hydrogen-bond acceptors (Lipinski definition) is 3. The van der Waals surface area contributed by atoms with Crippen molar-refractivity contribution in [2.24, 2.45) is 4.99 Å². The summed E-state index contributed by atoms with van der Waals surface area (Å²) in [6, 6.07) is 6.33. The van der Waals surface area contributed by atoms with Crippen molar-refractivity contribution < 1.29 is 13.2 Å². The lowest BCUT2D eigenvalue weighted by Gasteiger charge is -2.19. The summed E-state index contributed by atoms with van der Waals surface area (Å²) in [6.45, 7) is 3.30. The van der Waals surface area contributed by atoms with Gasteiger partial charge in [0.1, 0.15) is 5.84 Å². The van der Waals surface area contributed by atoms with Gasteiger partial charge in [0.05, 0.1) is 12.1 Å². The van der Waals surface area contributed by atoms with E-state index in [-0.39, 0.29) is 5.56 Å². The van der Waals surface area contributed by atoms with Gasteiger partial charge in [-0.15, -0.1) is 0 Å². The highest BCUT2D eigenvalue weighted by atomic mass is 32.2. The highest BCUT2D eigenvalue weighted by molar-refractivity contribution is 7.99. The fourth-order valence-corrected chi connectivity index (χ4v) is 2.61. The first-order chi connectivity index (χ1) is 10.9. The van der Waals surface area contributed by atoms with Crippen molar-refractivity contribution in [3.8, 4) is 0 Å². The van der Waals surface area contributed by atoms with Gasteiger partial charge in [-0.1, -0.05) is 35.9 Å². The van der Waals surface area contributed by atoms with Crippen LogP contribution in [0.2, 0.25) is 0 Å². The molecule has 2 nitrogen and oxygen atoms in total. The molecule has 1 heterocycles. The topological polar surface area (TPSA) is 24.4 Å². The lowest BCUT2D eigenvalue weighted by Crippen LogP contribution is -2.36. The van der Waals surface area contributed by atoms with E-state index in [9.17, 15) is 13.2 Å². The first-order valence-corrected chi connectivity index (χ1v) is 8.52. The molecule has 2 rings (SSSR count). The molecule has 1 unspecified atom stereocenters. The van der Waals surface area contributed by atoms with Crippen LogP contribution in [0.25, 0.3) is 5.57 Å². The first kappa shape index (κ1) is 17.7. The van der Waals surface area contributed by atoms with E-state index in [0.717, 1.165) is 18.2 Å². The van der Waals surface area contributed by atoms with Crippen molar-refractivity contribution in [3.63, 3.8) is 0 Å². The van der Waals surface area contributed by atoms with Crippen LogP contribution in [0.5, 0.6) is 0 Å². The van der Waals surface area contributed by atoms with Gasteiger partial charge in [-0.05, 0) is 30.9 Å². The Bertz CT molecular complexity index is 616. The van der Waals surface area contributed by atoms with Crippen LogP contribution in [0.1, 0.15) is 11.1 Å². The SMILES string of the molecule is CSC1CN=C(/C=C/C=C(/c2ccc(C)cc2)C(F)(F)F)NC1. The molecule has 1 N–H and O–H groups in total. The summed E-state index contributed by atoms with van der Waals surface area (Å²) in [5.74, 6) is 0.622. The summed E-state index contributed by atoms with van der Waals surface area (Å²) in [6.07, 6.45) is 1.69. The summed E-state index contributed by atoms with van der Waals surface area (Å²) >= 11 is 1.72. The van der Waals surface area contributed by atoms with E-state index in [1.54, 1.807) is 30.0 Å². The number of hydrogen-bond donors (Lipinski definition) is 1. The lowest BCUT2D eigenvalue weighted by molar-refractivity contribution is -0.0689. The molecule has 6 heteroatoms. The summed E-state index contributed by atoms with van der Waals surface area (Å²) in [5, 5.41) is 3.53. The predicted molar refractivity (Wildman–Crippen MR) is 92.0 cm³/mol. The van der Waals surface area contributed by atoms with Crippen LogP contribution < -0.4 is 5.32 Å². The van der Waals surface area contributed by atoms with Gasteiger partial charge in [0.2, 0.25) is 0 Å². The van der Waals surface area contributed by atoms with Crippen molar-refractivity contribution in [1.29, 1.82) is 0 Å². The molecule has 1 aromatic carbocycles. The maximum absolute atomic E-state index is 13.2. The molecule has 0 radical (unpaired) electrons. The number of aliphatic imine (C=N–C) groups is 1. The van der Waals surface area contributed by atoms with Gasteiger partial charge < -0.3 is 5.32 Å². The fraction of sp³-hybridized carbons (Fsp3) is 0.353. The van der Waals surface area contributed by atoms with Crippen LogP contribution >= 0.6 is 11.8 Å². The maximum Gasteiger partial charge on any atom is 0.416 e. The number of amidine groups is 1. The third kappa shape index (κ3) is 5.16.